The Bertz CT molecular complexity index is 558. The standard InChI is InChI=1S/C14H17N3O2/c15-10-3-4-12(17(18)19)13(6-10)16-7-11-8-1-2-9(5-8)14(11)16/h3-4,6,8-9,11,14H,1-2,5,7,15H2/t8-,9-,11-,14-/m0/s1. The maximum atomic E-state index is 11.2. The second kappa shape index (κ2) is 3.62. The van der Waals surface area contributed by atoms with Crippen molar-refractivity contribution in [1.29, 1.82) is 0 Å². The molecule has 4 atom stereocenters. The highest BCUT2D eigenvalue weighted by molar-refractivity contribution is 5.70. The van der Waals surface area contributed by atoms with Crippen LogP contribution < -0.4 is 10.6 Å². The van der Waals surface area contributed by atoms with E-state index in [0.717, 1.165) is 30.0 Å². The average molecular weight is 259 g/mol. The van der Waals surface area contributed by atoms with E-state index in [9.17, 15) is 10.1 Å². The van der Waals surface area contributed by atoms with Crippen molar-refractivity contribution in [1.82, 2.24) is 0 Å². The fraction of sp³-hybridized carbons (Fsp3) is 0.571. The van der Waals surface area contributed by atoms with Crippen molar-refractivity contribution in [2.45, 2.75) is 25.3 Å². The van der Waals surface area contributed by atoms with Crippen molar-refractivity contribution in [3.05, 3.63) is 28.3 Å². The van der Waals surface area contributed by atoms with Gasteiger partial charge in [0.15, 0.2) is 0 Å². The van der Waals surface area contributed by atoms with Gasteiger partial charge in [0.05, 0.1) is 4.92 Å². The van der Waals surface area contributed by atoms with Gasteiger partial charge in [-0.2, -0.15) is 0 Å². The van der Waals surface area contributed by atoms with Crippen molar-refractivity contribution in [3.8, 4) is 0 Å². The van der Waals surface area contributed by atoms with Crippen LogP contribution in [0.3, 0.4) is 0 Å². The molecule has 2 saturated carbocycles. The van der Waals surface area contributed by atoms with E-state index in [-0.39, 0.29) is 10.6 Å². The third-order valence-electron chi connectivity index (χ3n) is 5.31. The molecule has 0 radical (unpaired) electrons. The van der Waals surface area contributed by atoms with Crippen LogP contribution in [-0.4, -0.2) is 17.5 Å². The molecule has 3 fully saturated rings. The Balaban J connectivity index is 1.70. The van der Waals surface area contributed by atoms with E-state index in [1.165, 1.54) is 25.3 Å². The summed E-state index contributed by atoms with van der Waals surface area (Å²) in [4.78, 5) is 13.1. The van der Waals surface area contributed by atoms with Crippen LogP contribution in [0.25, 0.3) is 0 Å². The van der Waals surface area contributed by atoms with Gasteiger partial charge in [0, 0.05) is 24.3 Å². The summed E-state index contributed by atoms with van der Waals surface area (Å²) in [5, 5.41) is 11.2. The Morgan fingerprint density at radius 1 is 1.32 bits per heavy atom. The van der Waals surface area contributed by atoms with Crippen molar-refractivity contribution in [3.63, 3.8) is 0 Å². The molecule has 0 amide bonds. The molecule has 0 unspecified atom stereocenters. The highest BCUT2D eigenvalue weighted by atomic mass is 16.6. The summed E-state index contributed by atoms with van der Waals surface area (Å²) < 4.78 is 0. The third kappa shape index (κ3) is 1.41. The molecule has 0 aromatic heterocycles. The maximum absolute atomic E-state index is 11.2. The zero-order valence-electron chi connectivity index (χ0n) is 10.7. The van der Waals surface area contributed by atoms with Crippen LogP contribution in [0.2, 0.25) is 0 Å². The Hall–Kier alpha value is -1.78. The van der Waals surface area contributed by atoms with Gasteiger partial charge in [0.1, 0.15) is 5.69 Å². The zero-order chi connectivity index (χ0) is 13.1. The first-order valence-corrected chi connectivity index (χ1v) is 6.95. The third-order valence-corrected chi connectivity index (χ3v) is 5.31. The molecule has 1 saturated heterocycles. The molecule has 1 aromatic rings. The lowest BCUT2D eigenvalue weighted by atomic mass is 9.76. The van der Waals surface area contributed by atoms with Crippen LogP contribution in [0.4, 0.5) is 17.1 Å². The number of nitrogens with two attached hydrogens (primary N) is 1. The van der Waals surface area contributed by atoms with Gasteiger partial charge in [-0.25, -0.2) is 0 Å². The van der Waals surface area contributed by atoms with E-state index in [4.69, 9.17) is 5.73 Å². The molecule has 1 aromatic carbocycles. The van der Waals surface area contributed by atoms with Crippen LogP contribution in [0, 0.1) is 27.9 Å². The number of nitrogen functional groups attached to an aromatic ring is 1. The summed E-state index contributed by atoms with van der Waals surface area (Å²) in [5.74, 6) is 2.37. The second-order valence-corrected chi connectivity index (χ2v) is 6.15. The molecule has 3 aliphatic rings. The molecular formula is C14H17N3O2. The van der Waals surface area contributed by atoms with E-state index < -0.39 is 0 Å². The van der Waals surface area contributed by atoms with E-state index in [2.05, 4.69) is 4.90 Å². The minimum absolute atomic E-state index is 0.190. The van der Waals surface area contributed by atoms with Crippen LogP contribution in [0.5, 0.6) is 0 Å². The molecule has 5 heteroatoms. The van der Waals surface area contributed by atoms with Crippen molar-refractivity contribution >= 4 is 17.1 Å². The van der Waals surface area contributed by atoms with Gasteiger partial charge in [0.25, 0.3) is 5.69 Å². The fourth-order valence-corrected chi connectivity index (χ4v) is 4.52. The summed E-state index contributed by atoms with van der Waals surface area (Å²) >= 11 is 0. The van der Waals surface area contributed by atoms with E-state index >= 15 is 0 Å². The number of hydrogen-bond donors (Lipinski definition) is 1. The summed E-state index contributed by atoms with van der Waals surface area (Å²) in [5.41, 5.74) is 7.32. The molecule has 1 aliphatic heterocycles. The number of nitro benzene ring substituents is 1. The first-order chi connectivity index (χ1) is 9.15. The van der Waals surface area contributed by atoms with Gasteiger partial charge in [-0.15, -0.1) is 0 Å². The number of benzene rings is 1. The van der Waals surface area contributed by atoms with Gasteiger partial charge in [0.2, 0.25) is 0 Å². The maximum Gasteiger partial charge on any atom is 0.292 e. The first-order valence-electron chi connectivity index (χ1n) is 6.95. The monoisotopic (exact) mass is 259 g/mol. The summed E-state index contributed by atoms with van der Waals surface area (Å²) in [6.45, 7) is 0.968. The lowest BCUT2D eigenvalue weighted by Gasteiger charge is -2.51. The Morgan fingerprint density at radius 3 is 2.84 bits per heavy atom. The molecule has 19 heavy (non-hydrogen) atoms. The van der Waals surface area contributed by atoms with Gasteiger partial charge in [-0.05, 0) is 49.1 Å². The molecule has 5 nitrogen and oxygen atoms in total. The number of anilines is 2. The highest BCUT2D eigenvalue weighted by Crippen LogP contribution is 2.57. The predicted octanol–water partition coefficient (Wildman–Crippen LogP) is 2.41. The van der Waals surface area contributed by atoms with E-state index in [1.54, 1.807) is 12.1 Å². The topological polar surface area (TPSA) is 72.4 Å². The molecule has 100 valence electrons. The van der Waals surface area contributed by atoms with Crippen molar-refractivity contribution < 1.29 is 4.92 Å². The lowest BCUT2D eigenvalue weighted by molar-refractivity contribution is -0.384. The van der Waals surface area contributed by atoms with Crippen LogP contribution in [-0.2, 0) is 0 Å². The van der Waals surface area contributed by atoms with Crippen molar-refractivity contribution in [2.24, 2.45) is 17.8 Å². The first kappa shape index (κ1) is 11.1. The smallest absolute Gasteiger partial charge is 0.292 e. The van der Waals surface area contributed by atoms with Gasteiger partial charge in [-0.1, -0.05) is 0 Å². The quantitative estimate of drug-likeness (QED) is 0.503. The molecular weight excluding hydrogens is 242 g/mol. The molecule has 2 aliphatic carbocycles. The van der Waals surface area contributed by atoms with Gasteiger partial charge >= 0.3 is 0 Å². The van der Waals surface area contributed by atoms with Crippen molar-refractivity contribution in [2.75, 3.05) is 17.2 Å². The minimum Gasteiger partial charge on any atom is -0.399 e. The zero-order valence-corrected chi connectivity index (χ0v) is 10.7. The Morgan fingerprint density at radius 2 is 2.11 bits per heavy atom. The normalized spacial score (nSPS) is 35.1. The number of nitro groups is 1. The Labute approximate surface area is 111 Å². The Kier molecular flexibility index (Phi) is 2.11. The number of hydrogen-bond acceptors (Lipinski definition) is 4. The molecule has 2 bridgehead atoms. The predicted molar refractivity (Wildman–Crippen MR) is 73.0 cm³/mol. The number of fused-ring (bicyclic) bond motifs is 5. The highest BCUT2D eigenvalue weighted by Gasteiger charge is 2.57. The summed E-state index contributed by atoms with van der Waals surface area (Å²) in [6.07, 6.45) is 3.97. The SMILES string of the molecule is Nc1ccc([N+](=O)[O-])c(N2C[C@H]3[C@H]4CC[C@@H](C4)[C@@H]32)c1. The number of nitrogens with zero attached hydrogens (tertiary/aromatic N) is 2. The molecule has 1 heterocycles. The number of rotatable bonds is 2. The molecule has 2 N–H and O–H groups in total. The van der Waals surface area contributed by atoms with Gasteiger partial charge in [-0.3, -0.25) is 10.1 Å². The van der Waals surface area contributed by atoms with Crippen LogP contribution >= 0.6 is 0 Å². The summed E-state index contributed by atoms with van der Waals surface area (Å²) in [6, 6.07) is 5.44. The average Bonchev–Trinajstić information content (AvgIpc) is 2.85. The minimum atomic E-state index is -0.296. The summed E-state index contributed by atoms with van der Waals surface area (Å²) in [7, 11) is 0. The van der Waals surface area contributed by atoms with E-state index in [1.807, 2.05) is 0 Å². The van der Waals surface area contributed by atoms with Gasteiger partial charge < -0.3 is 10.6 Å². The molecule has 4 rings (SSSR count). The largest absolute Gasteiger partial charge is 0.399 e. The fourth-order valence-electron chi connectivity index (χ4n) is 4.52. The molecule has 0 spiro atoms. The van der Waals surface area contributed by atoms with Crippen LogP contribution in [0.15, 0.2) is 18.2 Å². The lowest BCUT2D eigenvalue weighted by Crippen LogP contribution is -2.59. The second-order valence-electron chi connectivity index (χ2n) is 6.15. The van der Waals surface area contributed by atoms with E-state index in [0.29, 0.717) is 11.7 Å². The van der Waals surface area contributed by atoms with Crippen LogP contribution in [0.1, 0.15) is 19.3 Å².